The number of nitrogens with one attached hydrogen (secondary N) is 1. The van der Waals surface area contributed by atoms with Crippen LogP contribution in [0.15, 0.2) is 29.2 Å². The summed E-state index contributed by atoms with van der Waals surface area (Å²) in [7, 11) is 1.79. The zero-order valence-corrected chi connectivity index (χ0v) is 12.8. The van der Waals surface area contributed by atoms with Crippen LogP contribution in [0.25, 0.3) is 0 Å². The van der Waals surface area contributed by atoms with Gasteiger partial charge < -0.3 is 10.1 Å². The lowest BCUT2D eigenvalue weighted by atomic mass is 10.0. The van der Waals surface area contributed by atoms with E-state index in [9.17, 15) is 0 Å². The van der Waals surface area contributed by atoms with E-state index in [4.69, 9.17) is 4.74 Å². The molecule has 19 heavy (non-hydrogen) atoms. The highest BCUT2D eigenvalue weighted by Gasteiger charge is 2.28. The predicted molar refractivity (Wildman–Crippen MR) is 83.0 cm³/mol. The van der Waals surface area contributed by atoms with Gasteiger partial charge >= 0.3 is 0 Å². The smallest absolute Gasteiger partial charge is 0.0462 e. The maximum Gasteiger partial charge on any atom is 0.0462 e. The first-order chi connectivity index (χ1) is 9.35. The third-order valence-electron chi connectivity index (χ3n) is 3.64. The van der Waals surface area contributed by atoms with Crippen molar-refractivity contribution in [3.63, 3.8) is 0 Å². The van der Waals surface area contributed by atoms with Crippen molar-refractivity contribution in [3.05, 3.63) is 29.8 Å². The summed E-state index contributed by atoms with van der Waals surface area (Å²) in [5, 5.41) is 4.41. The summed E-state index contributed by atoms with van der Waals surface area (Å²) in [5.74, 6) is 0. The molecule has 106 valence electrons. The van der Waals surface area contributed by atoms with Crippen molar-refractivity contribution >= 4 is 11.8 Å². The number of hydrogen-bond donors (Lipinski definition) is 1. The van der Waals surface area contributed by atoms with Crippen LogP contribution in [0.5, 0.6) is 0 Å². The second kappa shape index (κ2) is 7.93. The highest BCUT2D eigenvalue weighted by atomic mass is 32.2. The van der Waals surface area contributed by atoms with Crippen molar-refractivity contribution in [2.24, 2.45) is 0 Å². The van der Waals surface area contributed by atoms with Crippen molar-refractivity contribution in [2.45, 2.75) is 48.8 Å². The third kappa shape index (κ3) is 4.23. The first-order valence-corrected chi connectivity index (χ1v) is 8.20. The predicted octanol–water partition coefficient (Wildman–Crippen LogP) is 3.50. The van der Waals surface area contributed by atoms with Gasteiger partial charge in [0.1, 0.15) is 0 Å². The Kier molecular flexibility index (Phi) is 6.21. The van der Waals surface area contributed by atoms with E-state index >= 15 is 0 Å². The topological polar surface area (TPSA) is 21.3 Å². The van der Waals surface area contributed by atoms with Crippen LogP contribution in [-0.4, -0.2) is 31.6 Å². The zero-order chi connectivity index (χ0) is 13.5. The fraction of sp³-hybridized carbons (Fsp3) is 0.625. The maximum atomic E-state index is 5.19. The van der Waals surface area contributed by atoms with E-state index in [1.807, 2.05) is 11.8 Å². The van der Waals surface area contributed by atoms with Crippen LogP contribution in [-0.2, 0) is 11.2 Å². The molecule has 2 nitrogen and oxygen atoms in total. The standard InChI is InChI=1S/C16H25NOS/c1-3-10-17-14(8-6-11-18-2)16-12-13-7-4-5-9-15(13)19-16/h4-5,7,9,14,16-17H,3,6,8,10-12H2,1-2H3. The molecule has 1 aliphatic heterocycles. The monoisotopic (exact) mass is 279 g/mol. The van der Waals surface area contributed by atoms with Crippen molar-refractivity contribution in [1.82, 2.24) is 5.32 Å². The van der Waals surface area contributed by atoms with Crippen molar-refractivity contribution in [1.29, 1.82) is 0 Å². The summed E-state index contributed by atoms with van der Waals surface area (Å²) in [6, 6.07) is 9.43. The minimum absolute atomic E-state index is 0.604. The molecule has 0 saturated heterocycles. The molecule has 0 aromatic heterocycles. The number of benzene rings is 1. The summed E-state index contributed by atoms with van der Waals surface area (Å²) in [6.45, 7) is 4.22. The number of ether oxygens (including phenoxy) is 1. The first kappa shape index (κ1) is 14.9. The number of thioether (sulfide) groups is 1. The van der Waals surface area contributed by atoms with E-state index in [0.717, 1.165) is 19.6 Å². The Balaban J connectivity index is 1.92. The van der Waals surface area contributed by atoms with Gasteiger partial charge in [0.05, 0.1) is 0 Å². The Morgan fingerprint density at radius 2 is 2.26 bits per heavy atom. The molecule has 1 N–H and O–H groups in total. The van der Waals surface area contributed by atoms with Crippen molar-refractivity contribution in [2.75, 3.05) is 20.3 Å². The molecule has 0 bridgehead atoms. The van der Waals surface area contributed by atoms with Gasteiger partial charge in [-0.1, -0.05) is 25.1 Å². The van der Waals surface area contributed by atoms with Crippen LogP contribution in [0, 0.1) is 0 Å². The Hall–Kier alpha value is -0.510. The van der Waals surface area contributed by atoms with E-state index in [-0.39, 0.29) is 0 Å². The second-order valence-corrected chi connectivity index (χ2v) is 6.44. The van der Waals surface area contributed by atoms with Crippen molar-refractivity contribution < 1.29 is 4.74 Å². The molecule has 0 spiro atoms. The summed E-state index contributed by atoms with van der Waals surface area (Å²) in [6.07, 6.45) is 4.76. The van der Waals surface area contributed by atoms with Gasteiger partial charge in [0.15, 0.2) is 0 Å². The van der Waals surface area contributed by atoms with Crippen LogP contribution in [0.4, 0.5) is 0 Å². The molecular weight excluding hydrogens is 254 g/mol. The molecule has 2 atom stereocenters. The van der Waals surface area contributed by atoms with Crippen LogP contribution < -0.4 is 5.32 Å². The molecule has 2 unspecified atom stereocenters. The minimum Gasteiger partial charge on any atom is -0.385 e. The Morgan fingerprint density at radius 3 is 3.00 bits per heavy atom. The van der Waals surface area contributed by atoms with E-state index in [1.165, 1.54) is 29.7 Å². The Bertz CT molecular complexity index is 358. The Labute approximate surface area is 121 Å². The summed E-state index contributed by atoms with van der Waals surface area (Å²) in [4.78, 5) is 1.47. The van der Waals surface area contributed by atoms with Crippen LogP contribution in [0.2, 0.25) is 0 Å². The van der Waals surface area contributed by atoms with E-state index in [2.05, 4.69) is 36.5 Å². The van der Waals surface area contributed by atoms with Crippen LogP contribution in [0.3, 0.4) is 0 Å². The van der Waals surface area contributed by atoms with E-state index in [1.54, 1.807) is 7.11 Å². The Morgan fingerprint density at radius 1 is 1.42 bits per heavy atom. The van der Waals surface area contributed by atoms with Gasteiger partial charge in [-0.2, -0.15) is 0 Å². The van der Waals surface area contributed by atoms with Gasteiger partial charge in [-0.05, 0) is 43.9 Å². The summed E-state index contributed by atoms with van der Waals surface area (Å²) in [5.41, 5.74) is 1.52. The SMILES string of the molecule is CCCNC(CCCOC)C1Cc2ccccc2S1. The fourth-order valence-electron chi connectivity index (χ4n) is 2.63. The third-order valence-corrected chi connectivity index (χ3v) is 5.09. The van der Waals surface area contributed by atoms with E-state index < -0.39 is 0 Å². The molecule has 0 amide bonds. The molecule has 0 aliphatic carbocycles. The quantitative estimate of drug-likeness (QED) is 0.736. The average molecular weight is 279 g/mol. The van der Waals surface area contributed by atoms with Gasteiger partial charge in [0.25, 0.3) is 0 Å². The largest absolute Gasteiger partial charge is 0.385 e. The molecule has 0 radical (unpaired) electrons. The highest BCUT2D eigenvalue weighted by Crippen LogP contribution is 2.39. The lowest BCUT2D eigenvalue weighted by Crippen LogP contribution is -2.38. The number of rotatable bonds is 8. The van der Waals surface area contributed by atoms with Crippen LogP contribution in [0.1, 0.15) is 31.7 Å². The fourth-order valence-corrected chi connectivity index (χ4v) is 4.08. The number of methoxy groups -OCH3 is 1. The minimum atomic E-state index is 0.604. The van der Waals surface area contributed by atoms with Crippen LogP contribution >= 0.6 is 11.8 Å². The molecule has 3 heteroatoms. The number of fused-ring (bicyclic) bond motifs is 1. The molecule has 1 heterocycles. The van der Waals surface area contributed by atoms with Gasteiger partial charge in [-0.3, -0.25) is 0 Å². The normalized spacial score (nSPS) is 19.4. The molecule has 1 aromatic carbocycles. The maximum absolute atomic E-state index is 5.19. The van der Waals surface area contributed by atoms with Gasteiger partial charge in [0.2, 0.25) is 0 Å². The van der Waals surface area contributed by atoms with Gasteiger partial charge in [-0.15, -0.1) is 11.8 Å². The van der Waals surface area contributed by atoms with E-state index in [0.29, 0.717) is 11.3 Å². The second-order valence-electron chi connectivity index (χ2n) is 5.16. The summed E-state index contributed by atoms with van der Waals surface area (Å²) >= 11 is 2.05. The van der Waals surface area contributed by atoms with Gasteiger partial charge in [0, 0.05) is 29.9 Å². The van der Waals surface area contributed by atoms with Gasteiger partial charge in [-0.25, -0.2) is 0 Å². The lowest BCUT2D eigenvalue weighted by Gasteiger charge is -2.24. The zero-order valence-electron chi connectivity index (χ0n) is 12.0. The van der Waals surface area contributed by atoms with Crippen molar-refractivity contribution in [3.8, 4) is 0 Å². The molecule has 1 aromatic rings. The lowest BCUT2D eigenvalue weighted by molar-refractivity contribution is 0.188. The average Bonchev–Trinajstić information content (AvgIpc) is 2.86. The number of hydrogen-bond acceptors (Lipinski definition) is 3. The molecule has 0 saturated carbocycles. The highest BCUT2D eigenvalue weighted by molar-refractivity contribution is 8.00. The molecular formula is C16H25NOS. The summed E-state index contributed by atoms with van der Waals surface area (Å²) < 4.78 is 5.19. The molecule has 1 aliphatic rings. The molecule has 2 rings (SSSR count). The molecule has 0 fully saturated rings. The first-order valence-electron chi connectivity index (χ1n) is 7.32.